The van der Waals surface area contributed by atoms with E-state index in [1.165, 1.54) is 23.5 Å². The number of hydrogen-bond donors (Lipinski definition) is 5. The molecule has 0 fully saturated rings. The molecule has 23 heteroatoms. The number of anilines is 3. The largest absolute Gasteiger partial charge is 1.00 e. The minimum absolute atomic E-state index is 0. The van der Waals surface area contributed by atoms with Crippen molar-refractivity contribution >= 4 is 122 Å². The number of nitrogens with one attached hydrogen (secondary N) is 2. The van der Waals surface area contributed by atoms with Crippen molar-refractivity contribution in [3.05, 3.63) is 198 Å². The van der Waals surface area contributed by atoms with E-state index in [1.807, 2.05) is 30.3 Å². The number of pyridine rings is 3. The molecule has 74 heavy (non-hydrogen) atoms. The second-order valence-corrected chi connectivity index (χ2v) is 17.7. The van der Waals surface area contributed by atoms with Gasteiger partial charge in [0.25, 0.3) is 0 Å². The second kappa shape index (κ2) is 30.6. The van der Waals surface area contributed by atoms with Crippen LogP contribution in [0.3, 0.4) is 0 Å². The van der Waals surface area contributed by atoms with Crippen LogP contribution in [-0.2, 0) is 4.79 Å². The fourth-order valence-corrected chi connectivity index (χ4v) is 7.96. The normalized spacial score (nSPS) is 10.6. The number of imidazole rings is 2. The van der Waals surface area contributed by atoms with Gasteiger partial charge in [0.15, 0.2) is 10.3 Å². The van der Waals surface area contributed by atoms with Gasteiger partial charge in [0, 0.05) is 69.3 Å². The Balaban J connectivity index is 0.000000218. The zero-order valence-electron chi connectivity index (χ0n) is 39.0. The van der Waals surface area contributed by atoms with Gasteiger partial charge in [-0.1, -0.05) is 58.3 Å². The van der Waals surface area contributed by atoms with Crippen LogP contribution in [0.2, 0.25) is 15.1 Å². The first kappa shape index (κ1) is 60.0. The van der Waals surface area contributed by atoms with Gasteiger partial charge < -0.3 is 41.8 Å². The van der Waals surface area contributed by atoms with Crippen LogP contribution in [0.5, 0.6) is 28.7 Å². The average Bonchev–Trinajstić information content (AvgIpc) is 4.08. The number of phenolic OH excluding ortho intramolecular Hbond substituents is 1. The van der Waals surface area contributed by atoms with Crippen molar-refractivity contribution < 1.29 is 59.2 Å². The standard InChI is InChI=1S/C20H15ClN4O2S.C11H10N2O.C9H5ClN2OS.C6H7NO.C5H4ClN.ClH.Na.H2O/c21-13-1-6-17-18(11-13)25-20(24-17)28-12-19(26)23-14-2-4-15(5-3-14)27-16-7-9-22-10-8-16;12-9-1-3-10(4-2-9)14-11-5-7-13-8-6-11;10-5-1-2-7-6(3-5)11-9-12(7)8(13)4-14-9;7-5-1-3-6(8)4-2-5;6-5-1-3-7-4-2-5;;;/h1-11H,12H2,(H,23,26)(H,24,25);1-8H,12H2;1-3H,4H2;1-4,8H,7H2;1-4H;1H;;1H2/q;;;;;;+1;/p-1. The molecular formula is C51H43Cl4N10NaO6S2. The number of H-pyrrole nitrogens is 1. The van der Waals surface area contributed by atoms with E-state index in [1.54, 1.807) is 157 Å². The molecule has 0 bridgehead atoms. The molecule has 8 N–H and O–H groups in total. The number of fused-ring (bicyclic) bond motifs is 4. The van der Waals surface area contributed by atoms with Crippen LogP contribution in [-0.4, -0.2) is 68.4 Å². The molecule has 11 rings (SSSR count). The Hall–Kier alpha value is -6.55. The Labute approximate surface area is 476 Å². The monoisotopic (exact) mass is 1120 g/mol. The van der Waals surface area contributed by atoms with Crippen molar-refractivity contribution in [3.63, 3.8) is 0 Å². The molecule has 1 amide bonds. The van der Waals surface area contributed by atoms with E-state index in [2.05, 4.69) is 35.2 Å². The summed E-state index contributed by atoms with van der Waals surface area (Å²) in [5.41, 5.74) is 16.3. The maximum atomic E-state index is 12.2. The number of aromatic nitrogens is 7. The van der Waals surface area contributed by atoms with Gasteiger partial charge in [-0.3, -0.25) is 29.1 Å². The van der Waals surface area contributed by atoms with Crippen molar-refractivity contribution in [2.24, 2.45) is 0 Å². The molecule has 16 nitrogen and oxygen atoms in total. The van der Waals surface area contributed by atoms with Gasteiger partial charge >= 0.3 is 29.6 Å². The number of nitrogens with two attached hydrogens (primary N) is 2. The fraction of sp³-hybridized carbons (Fsp3) is 0.0392. The summed E-state index contributed by atoms with van der Waals surface area (Å²) in [7, 11) is 0. The molecule has 10 aromatic rings. The predicted octanol–water partition coefficient (Wildman–Crippen LogP) is 9.98. The fourth-order valence-electron chi connectivity index (χ4n) is 5.95. The number of thioether (sulfide) groups is 2. The van der Waals surface area contributed by atoms with Crippen LogP contribution in [0.1, 0.15) is 4.79 Å². The quantitative estimate of drug-likeness (QED) is 0.0411. The van der Waals surface area contributed by atoms with Gasteiger partial charge in [0.2, 0.25) is 11.8 Å². The number of ether oxygens (including phenoxy) is 2. The van der Waals surface area contributed by atoms with Gasteiger partial charge in [-0.2, -0.15) is 0 Å². The zero-order chi connectivity index (χ0) is 50.0. The predicted molar refractivity (Wildman–Crippen MR) is 293 cm³/mol. The summed E-state index contributed by atoms with van der Waals surface area (Å²) in [6, 6.07) is 42.3. The van der Waals surface area contributed by atoms with Gasteiger partial charge in [0.05, 0.1) is 33.6 Å². The number of aromatic hydroxyl groups is 1. The summed E-state index contributed by atoms with van der Waals surface area (Å²) in [5.74, 6) is 3.87. The molecule has 6 heterocycles. The van der Waals surface area contributed by atoms with Crippen LogP contribution in [0, 0.1) is 0 Å². The van der Waals surface area contributed by atoms with Crippen molar-refractivity contribution in [2.75, 3.05) is 28.3 Å². The van der Waals surface area contributed by atoms with Crippen molar-refractivity contribution in [3.8, 4) is 28.7 Å². The molecular weight excluding hydrogens is 1080 g/mol. The number of aromatic amines is 1. The molecule has 0 unspecified atom stereocenters. The van der Waals surface area contributed by atoms with Crippen molar-refractivity contribution in [2.45, 2.75) is 10.3 Å². The number of nitrogen functional groups attached to an aromatic ring is 2. The summed E-state index contributed by atoms with van der Waals surface area (Å²) in [5, 5.41) is 15.0. The minimum atomic E-state index is -0.119. The first-order valence-electron chi connectivity index (χ1n) is 21.1. The smallest absolute Gasteiger partial charge is 0.870 e. The molecule has 374 valence electrons. The molecule has 1 aliphatic heterocycles. The molecule has 0 spiro atoms. The van der Waals surface area contributed by atoms with E-state index in [-0.39, 0.29) is 70.8 Å². The number of amides is 1. The molecule has 0 atom stereocenters. The summed E-state index contributed by atoms with van der Waals surface area (Å²) < 4.78 is 12.9. The van der Waals surface area contributed by atoms with Crippen LogP contribution in [0.4, 0.5) is 17.1 Å². The van der Waals surface area contributed by atoms with Gasteiger partial charge in [-0.15, -0.1) is 12.4 Å². The van der Waals surface area contributed by atoms with E-state index < -0.39 is 0 Å². The van der Waals surface area contributed by atoms with Crippen LogP contribution in [0.25, 0.3) is 22.1 Å². The first-order chi connectivity index (χ1) is 34.4. The van der Waals surface area contributed by atoms with E-state index in [0.29, 0.717) is 43.8 Å². The van der Waals surface area contributed by atoms with Crippen LogP contribution in [0.15, 0.2) is 193 Å². The number of benzene rings is 5. The average molecular weight is 1120 g/mol. The van der Waals surface area contributed by atoms with Crippen molar-refractivity contribution in [1.82, 2.24) is 34.5 Å². The number of hydrogen-bond acceptors (Lipinski definition) is 15. The van der Waals surface area contributed by atoms with E-state index >= 15 is 0 Å². The topological polar surface area (TPSA) is 252 Å². The Bertz CT molecular complexity index is 3280. The number of nitrogens with zero attached hydrogens (tertiary/aromatic N) is 6. The van der Waals surface area contributed by atoms with Gasteiger partial charge in [0.1, 0.15) is 28.7 Å². The maximum absolute atomic E-state index is 12.2. The summed E-state index contributed by atoms with van der Waals surface area (Å²) in [4.78, 5) is 47.2. The summed E-state index contributed by atoms with van der Waals surface area (Å²) in [6.45, 7) is 0. The zero-order valence-corrected chi connectivity index (χ0v) is 45.7. The maximum Gasteiger partial charge on any atom is 1.00 e. The molecule has 5 aromatic carbocycles. The van der Waals surface area contributed by atoms with Crippen LogP contribution < -0.4 is 55.8 Å². The Morgan fingerprint density at radius 3 is 1.70 bits per heavy atom. The summed E-state index contributed by atoms with van der Waals surface area (Å²) in [6.07, 6.45) is 10.0. The third kappa shape index (κ3) is 19.1. The first-order valence-corrected chi connectivity index (χ1v) is 24.2. The molecule has 1 aliphatic rings. The van der Waals surface area contributed by atoms with E-state index in [9.17, 15) is 9.59 Å². The minimum Gasteiger partial charge on any atom is -0.870 e. The number of phenols is 1. The third-order valence-electron chi connectivity index (χ3n) is 9.24. The number of carbonyl (C=O) groups is 2. The second-order valence-electron chi connectivity index (χ2n) is 14.5. The van der Waals surface area contributed by atoms with Crippen LogP contribution >= 0.6 is 70.7 Å². The summed E-state index contributed by atoms with van der Waals surface area (Å²) >= 11 is 20.1. The number of halogens is 4. The Morgan fingerprint density at radius 2 is 1.16 bits per heavy atom. The van der Waals surface area contributed by atoms with Gasteiger partial charge in [-0.05, 0) is 146 Å². The van der Waals surface area contributed by atoms with E-state index in [4.69, 9.17) is 60.9 Å². The van der Waals surface area contributed by atoms with Crippen molar-refractivity contribution in [1.29, 1.82) is 0 Å². The molecule has 5 aromatic heterocycles. The Kier molecular flexibility index (Phi) is 24.8. The molecule has 0 saturated carbocycles. The molecule has 0 saturated heterocycles. The number of rotatable bonds is 8. The molecule has 0 aliphatic carbocycles. The number of carbonyl (C=O) groups excluding carboxylic acids is 2. The molecule has 0 radical (unpaired) electrons. The third-order valence-corrected chi connectivity index (χ3v) is 11.8. The SMILES string of the molecule is Cl.Clc1ccncc1.Nc1ccc(O)cc1.Nc1ccc(Oc2ccncc2)cc1.O=C(CSc1nc2ccc(Cl)cc2[nH]1)Nc1ccc(Oc2ccncc2)cc1.O=C1CSc2nc3cc(Cl)ccc3n21.[Na+].[OH-]. The Morgan fingerprint density at radius 1 is 0.662 bits per heavy atom. The van der Waals surface area contributed by atoms with E-state index in [0.717, 1.165) is 49.4 Å². The van der Waals surface area contributed by atoms with Gasteiger partial charge in [-0.25, -0.2) is 9.97 Å².